The van der Waals surface area contributed by atoms with Crippen molar-refractivity contribution >= 4 is 11.0 Å². The van der Waals surface area contributed by atoms with Crippen LogP contribution >= 0.6 is 0 Å². The molecule has 0 spiro atoms. The standard InChI is InChI=1S/C21H26N2/c1-3-4-5-6-9-15-23-20-14-8-7-13-19(20)22-21(23)18-12-10-11-17(2)16-18/h7-8,10-14,16H,3-6,9,15H2,1-2H3. The Labute approximate surface area is 139 Å². The van der Waals surface area contributed by atoms with Crippen LogP contribution in [0.15, 0.2) is 48.5 Å². The number of para-hydroxylation sites is 2. The van der Waals surface area contributed by atoms with E-state index in [0.29, 0.717) is 0 Å². The molecule has 0 amide bonds. The Bertz CT molecular complexity index is 770. The highest BCUT2D eigenvalue weighted by Gasteiger charge is 2.12. The molecule has 0 aliphatic carbocycles. The van der Waals surface area contributed by atoms with Gasteiger partial charge in [-0.15, -0.1) is 0 Å². The Hall–Kier alpha value is -2.09. The topological polar surface area (TPSA) is 17.8 Å². The first-order valence-corrected chi connectivity index (χ1v) is 8.82. The summed E-state index contributed by atoms with van der Waals surface area (Å²) in [6.07, 6.45) is 6.49. The molecule has 0 bridgehead atoms. The van der Waals surface area contributed by atoms with Crippen molar-refractivity contribution in [1.29, 1.82) is 0 Å². The number of hydrogen-bond donors (Lipinski definition) is 0. The van der Waals surface area contributed by atoms with E-state index in [0.717, 1.165) is 17.9 Å². The van der Waals surface area contributed by atoms with E-state index in [9.17, 15) is 0 Å². The molecule has 120 valence electrons. The second-order valence-electron chi connectivity index (χ2n) is 6.36. The van der Waals surface area contributed by atoms with Crippen LogP contribution in [-0.2, 0) is 6.54 Å². The van der Waals surface area contributed by atoms with Crippen molar-refractivity contribution in [2.75, 3.05) is 0 Å². The quantitative estimate of drug-likeness (QED) is 0.491. The summed E-state index contributed by atoms with van der Waals surface area (Å²) in [7, 11) is 0. The lowest BCUT2D eigenvalue weighted by atomic mass is 10.1. The van der Waals surface area contributed by atoms with Crippen LogP contribution in [0.2, 0.25) is 0 Å². The maximum Gasteiger partial charge on any atom is 0.141 e. The largest absolute Gasteiger partial charge is 0.324 e. The van der Waals surface area contributed by atoms with E-state index in [1.54, 1.807) is 0 Å². The van der Waals surface area contributed by atoms with Crippen LogP contribution in [0.4, 0.5) is 0 Å². The second-order valence-corrected chi connectivity index (χ2v) is 6.36. The molecule has 0 N–H and O–H groups in total. The van der Waals surface area contributed by atoms with Crippen molar-refractivity contribution < 1.29 is 0 Å². The lowest BCUT2D eigenvalue weighted by Gasteiger charge is -2.10. The molecule has 3 aromatic rings. The van der Waals surface area contributed by atoms with Gasteiger partial charge in [0, 0.05) is 12.1 Å². The molecule has 0 saturated heterocycles. The Morgan fingerprint density at radius 2 is 1.74 bits per heavy atom. The molecule has 0 aliphatic rings. The van der Waals surface area contributed by atoms with Crippen molar-refractivity contribution in [2.24, 2.45) is 0 Å². The van der Waals surface area contributed by atoms with Gasteiger partial charge in [-0.05, 0) is 31.5 Å². The number of benzene rings is 2. The molecule has 2 nitrogen and oxygen atoms in total. The number of nitrogens with zero attached hydrogens (tertiary/aromatic N) is 2. The van der Waals surface area contributed by atoms with Crippen LogP contribution in [0.3, 0.4) is 0 Å². The van der Waals surface area contributed by atoms with Crippen molar-refractivity contribution in [3.05, 3.63) is 54.1 Å². The average Bonchev–Trinajstić information content (AvgIpc) is 2.94. The number of hydrogen-bond acceptors (Lipinski definition) is 1. The van der Waals surface area contributed by atoms with Gasteiger partial charge >= 0.3 is 0 Å². The first kappa shape index (κ1) is 15.8. The van der Waals surface area contributed by atoms with Gasteiger partial charge < -0.3 is 4.57 Å². The SMILES string of the molecule is CCCCCCCn1c(-c2cccc(C)c2)nc2ccccc21. The number of aromatic nitrogens is 2. The normalized spacial score (nSPS) is 11.2. The van der Waals surface area contributed by atoms with Crippen molar-refractivity contribution in [3.8, 4) is 11.4 Å². The van der Waals surface area contributed by atoms with Gasteiger partial charge in [-0.2, -0.15) is 0 Å². The molecule has 1 heterocycles. The lowest BCUT2D eigenvalue weighted by Crippen LogP contribution is -2.01. The molecule has 0 radical (unpaired) electrons. The third-order valence-corrected chi connectivity index (χ3v) is 4.42. The van der Waals surface area contributed by atoms with Crippen molar-refractivity contribution in [1.82, 2.24) is 9.55 Å². The molecule has 1 aromatic heterocycles. The van der Waals surface area contributed by atoms with E-state index in [-0.39, 0.29) is 0 Å². The number of fused-ring (bicyclic) bond motifs is 1. The van der Waals surface area contributed by atoms with Gasteiger partial charge in [-0.1, -0.05) is 68.5 Å². The van der Waals surface area contributed by atoms with Gasteiger partial charge in [0.25, 0.3) is 0 Å². The van der Waals surface area contributed by atoms with Crippen LogP contribution in [0.1, 0.15) is 44.6 Å². The molecule has 0 fully saturated rings. The molecule has 0 unspecified atom stereocenters. The molecule has 0 saturated carbocycles. The molecular weight excluding hydrogens is 280 g/mol. The fourth-order valence-corrected chi connectivity index (χ4v) is 3.18. The van der Waals surface area contributed by atoms with Gasteiger partial charge in [0.15, 0.2) is 0 Å². The number of rotatable bonds is 7. The first-order chi connectivity index (χ1) is 11.3. The average molecular weight is 306 g/mol. The zero-order valence-corrected chi connectivity index (χ0v) is 14.3. The summed E-state index contributed by atoms with van der Waals surface area (Å²) >= 11 is 0. The van der Waals surface area contributed by atoms with E-state index < -0.39 is 0 Å². The summed E-state index contributed by atoms with van der Waals surface area (Å²) in [6.45, 7) is 5.45. The summed E-state index contributed by atoms with van der Waals surface area (Å²) in [5.74, 6) is 1.10. The van der Waals surface area contributed by atoms with Gasteiger partial charge in [0.1, 0.15) is 5.82 Å². The Morgan fingerprint density at radius 3 is 2.57 bits per heavy atom. The molecule has 2 heteroatoms. The number of unbranched alkanes of at least 4 members (excludes halogenated alkanes) is 4. The Morgan fingerprint density at radius 1 is 0.913 bits per heavy atom. The van der Waals surface area contributed by atoms with Crippen LogP contribution in [-0.4, -0.2) is 9.55 Å². The Balaban J connectivity index is 1.91. The first-order valence-electron chi connectivity index (χ1n) is 8.82. The smallest absolute Gasteiger partial charge is 0.141 e. The van der Waals surface area contributed by atoms with Crippen LogP contribution in [0.5, 0.6) is 0 Å². The summed E-state index contributed by atoms with van der Waals surface area (Å²) in [5, 5.41) is 0. The van der Waals surface area contributed by atoms with Crippen LogP contribution in [0, 0.1) is 6.92 Å². The maximum atomic E-state index is 4.90. The molecular formula is C21H26N2. The fraction of sp³-hybridized carbons (Fsp3) is 0.381. The molecule has 0 aliphatic heterocycles. The third kappa shape index (κ3) is 3.64. The summed E-state index contributed by atoms with van der Waals surface area (Å²) in [5.41, 5.74) is 4.84. The highest BCUT2D eigenvalue weighted by Crippen LogP contribution is 2.26. The minimum absolute atomic E-state index is 1.05. The van der Waals surface area contributed by atoms with E-state index in [4.69, 9.17) is 4.98 Å². The van der Waals surface area contributed by atoms with Crippen LogP contribution < -0.4 is 0 Å². The van der Waals surface area contributed by atoms with Gasteiger partial charge in [0.05, 0.1) is 11.0 Å². The van der Waals surface area contributed by atoms with E-state index in [2.05, 4.69) is 66.9 Å². The number of imidazole rings is 1. The van der Waals surface area contributed by atoms with Gasteiger partial charge in [0.2, 0.25) is 0 Å². The van der Waals surface area contributed by atoms with E-state index >= 15 is 0 Å². The van der Waals surface area contributed by atoms with Crippen LogP contribution in [0.25, 0.3) is 22.4 Å². The van der Waals surface area contributed by atoms with Gasteiger partial charge in [-0.3, -0.25) is 0 Å². The van der Waals surface area contributed by atoms with E-state index in [1.807, 2.05) is 0 Å². The summed E-state index contributed by atoms with van der Waals surface area (Å²) < 4.78 is 2.40. The second kappa shape index (κ2) is 7.45. The third-order valence-electron chi connectivity index (χ3n) is 4.42. The number of aryl methyl sites for hydroxylation is 2. The molecule has 2 aromatic carbocycles. The summed E-state index contributed by atoms with van der Waals surface area (Å²) in [4.78, 5) is 4.90. The minimum atomic E-state index is 1.05. The highest BCUT2D eigenvalue weighted by atomic mass is 15.1. The lowest BCUT2D eigenvalue weighted by molar-refractivity contribution is 0.578. The molecule has 0 atom stereocenters. The minimum Gasteiger partial charge on any atom is -0.324 e. The monoisotopic (exact) mass is 306 g/mol. The summed E-state index contributed by atoms with van der Waals surface area (Å²) in [6, 6.07) is 17.1. The zero-order chi connectivity index (χ0) is 16.1. The maximum absolute atomic E-state index is 4.90. The van der Waals surface area contributed by atoms with E-state index in [1.165, 1.54) is 48.7 Å². The van der Waals surface area contributed by atoms with Crippen molar-refractivity contribution in [3.63, 3.8) is 0 Å². The predicted molar refractivity (Wildman–Crippen MR) is 98.7 cm³/mol. The molecule has 23 heavy (non-hydrogen) atoms. The highest BCUT2D eigenvalue weighted by molar-refractivity contribution is 5.80. The Kier molecular flexibility index (Phi) is 5.12. The zero-order valence-electron chi connectivity index (χ0n) is 14.3. The van der Waals surface area contributed by atoms with Gasteiger partial charge in [-0.25, -0.2) is 4.98 Å². The fourth-order valence-electron chi connectivity index (χ4n) is 3.18. The molecule has 3 rings (SSSR count). The van der Waals surface area contributed by atoms with Crippen molar-refractivity contribution in [2.45, 2.75) is 52.5 Å². The predicted octanol–water partition coefficient (Wildman–Crippen LogP) is 5.98.